The Morgan fingerprint density at radius 1 is 1.44 bits per heavy atom. The number of unbranched alkanes of at least 4 members (excludes halogenated alkanes) is 1. The fourth-order valence-electron chi connectivity index (χ4n) is 1.34. The number of nitro groups is 1. The maximum atomic E-state index is 10.3. The fraction of sp³-hybridized carbons (Fsp3) is 0.333. The van der Waals surface area contributed by atoms with Crippen LogP contribution in [0.5, 0.6) is 5.75 Å². The van der Waals surface area contributed by atoms with E-state index < -0.39 is 4.92 Å². The lowest BCUT2D eigenvalue weighted by Gasteiger charge is -2.10. The third kappa shape index (κ3) is 4.73. The van der Waals surface area contributed by atoms with E-state index in [1.165, 1.54) is 6.08 Å². The minimum Gasteiger partial charge on any atom is -0.491 e. The second-order valence-electron chi connectivity index (χ2n) is 3.54. The van der Waals surface area contributed by atoms with Crippen LogP contribution in [0, 0.1) is 10.1 Å². The number of halogens is 1. The number of aliphatic hydroxyl groups excluding tert-OH is 1. The van der Waals surface area contributed by atoms with Crippen molar-refractivity contribution in [2.24, 2.45) is 0 Å². The molecule has 0 saturated heterocycles. The van der Waals surface area contributed by atoms with Crippen LogP contribution in [-0.4, -0.2) is 23.2 Å². The summed E-state index contributed by atoms with van der Waals surface area (Å²) in [4.78, 5) is 9.74. The number of para-hydroxylation sites is 1. The molecular formula is C12H14ClNO4. The van der Waals surface area contributed by atoms with E-state index >= 15 is 0 Å². The van der Waals surface area contributed by atoms with Gasteiger partial charge in [0.15, 0.2) is 0 Å². The molecule has 0 radical (unpaired) electrons. The Bertz CT molecular complexity index is 434. The number of aliphatic hydroxyl groups is 1. The molecule has 18 heavy (non-hydrogen) atoms. The summed E-state index contributed by atoms with van der Waals surface area (Å²) < 4.78 is 5.49. The van der Waals surface area contributed by atoms with Gasteiger partial charge in [0.2, 0.25) is 6.20 Å². The van der Waals surface area contributed by atoms with Crippen molar-refractivity contribution in [1.29, 1.82) is 0 Å². The molecular weight excluding hydrogens is 258 g/mol. The Hall–Kier alpha value is -1.59. The molecule has 6 heteroatoms. The van der Waals surface area contributed by atoms with Crippen LogP contribution in [0.3, 0.4) is 0 Å². The average molecular weight is 272 g/mol. The number of benzene rings is 1. The zero-order chi connectivity index (χ0) is 13.4. The summed E-state index contributed by atoms with van der Waals surface area (Å²) in [5.74, 6) is 0.426. The van der Waals surface area contributed by atoms with Crippen LogP contribution >= 0.6 is 11.6 Å². The van der Waals surface area contributed by atoms with E-state index in [4.69, 9.17) is 21.4 Å². The quantitative estimate of drug-likeness (QED) is 0.470. The second kappa shape index (κ2) is 7.68. The summed E-state index contributed by atoms with van der Waals surface area (Å²) in [6, 6.07) is 5.04. The molecule has 1 rings (SSSR count). The van der Waals surface area contributed by atoms with Gasteiger partial charge in [0.1, 0.15) is 5.75 Å². The Labute approximate surface area is 110 Å². The molecule has 0 amide bonds. The van der Waals surface area contributed by atoms with Gasteiger partial charge >= 0.3 is 0 Å². The number of rotatable bonds is 7. The lowest BCUT2D eigenvalue weighted by atomic mass is 10.2. The van der Waals surface area contributed by atoms with Crippen molar-refractivity contribution in [3.05, 3.63) is 45.1 Å². The van der Waals surface area contributed by atoms with E-state index in [1.807, 2.05) is 0 Å². The number of hydrogen-bond donors (Lipinski definition) is 1. The highest BCUT2D eigenvalue weighted by atomic mass is 35.5. The van der Waals surface area contributed by atoms with Crippen molar-refractivity contribution in [1.82, 2.24) is 0 Å². The first kappa shape index (κ1) is 14.5. The van der Waals surface area contributed by atoms with Crippen LogP contribution < -0.4 is 4.74 Å². The van der Waals surface area contributed by atoms with Crippen LogP contribution in [0.25, 0.3) is 6.08 Å². The van der Waals surface area contributed by atoms with Crippen molar-refractivity contribution in [2.75, 3.05) is 13.2 Å². The summed E-state index contributed by atoms with van der Waals surface area (Å²) in [5, 5.41) is 19.3. The summed E-state index contributed by atoms with van der Waals surface area (Å²) in [6.07, 6.45) is 3.52. The summed E-state index contributed by atoms with van der Waals surface area (Å²) in [7, 11) is 0. The van der Waals surface area contributed by atoms with Crippen molar-refractivity contribution < 1.29 is 14.8 Å². The first-order chi connectivity index (χ1) is 8.65. The molecule has 0 spiro atoms. The Kier molecular flexibility index (Phi) is 6.18. The standard InChI is InChI=1S/C12H14ClNO4/c13-11-5-3-4-10(6-7-14(16)17)12(11)18-9-2-1-8-15/h3-7,15H,1-2,8-9H2. The van der Waals surface area contributed by atoms with Gasteiger partial charge in [-0.3, -0.25) is 10.1 Å². The van der Waals surface area contributed by atoms with E-state index in [-0.39, 0.29) is 6.61 Å². The highest BCUT2D eigenvalue weighted by Gasteiger charge is 2.07. The SMILES string of the molecule is O=[N+]([O-])C=Cc1cccc(Cl)c1OCCCCO. The van der Waals surface area contributed by atoms with Gasteiger partial charge < -0.3 is 9.84 Å². The maximum Gasteiger partial charge on any atom is 0.235 e. The predicted molar refractivity (Wildman–Crippen MR) is 69.3 cm³/mol. The van der Waals surface area contributed by atoms with Crippen LogP contribution in [0.4, 0.5) is 0 Å². The van der Waals surface area contributed by atoms with Gasteiger partial charge in [-0.05, 0) is 18.9 Å². The zero-order valence-electron chi connectivity index (χ0n) is 9.71. The van der Waals surface area contributed by atoms with Crippen molar-refractivity contribution >= 4 is 17.7 Å². The molecule has 1 N–H and O–H groups in total. The summed E-state index contributed by atoms with van der Waals surface area (Å²) in [6.45, 7) is 0.517. The Morgan fingerprint density at radius 3 is 2.89 bits per heavy atom. The minimum absolute atomic E-state index is 0.111. The monoisotopic (exact) mass is 271 g/mol. The molecule has 1 aromatic rings. The normalized spacial score (nSPS) is 10.8. The maximum absolute atomic E-state index is 10.3. The molecule has 0 unspecified atom stereocenters. The Morgan fingerprint density at radius 2 is 2.22 bits per heavy atom. The molecule has 0 aliphatic rings. The van der Waals surface area contributed by atoms with Crippen LogP contribution in [0.1, 0.15) is 18.4 Å². The largest absolute Gasteiger partial charge is 0.491 e. The third-order valence-electron chi connectivity index (χ3n) is 2.17. The van der Waals surface area contributed by atoms with E-state index in [2.05, 4.69) is 0 Å². The smallest absolute Gasteiger partial charge is 0.235 e. The molecule has 0 saturated carbocycles. The summed E-state index contributed by atoms with van der Waals surface area (Å²) >= 11 is 5.98. The van der Waals surface area contributed by atoms with Gasteiger partial charge in [0.25, 0.3) is 0 Å². The molecule has 0 bridgehead atoms. The highest BCUT2D eigenvalue weighted by Crippen LogP contribution is 2.29. The van der Waals surface area contributed by atoms with Gasteiger partial charge in [-0.15, -0.1) is 0 Å². The van der Waals surface area contributed by atoms with Gasteiger partial charge in [0, 0.05) is 18.2 Å². The first-order valence-electron chi connectivity index (χ1n) is 5.49. The van der Waals surface area contributed by atoms with Gasteiger partial charge in [0.05, 0.1) is 16.6 Å². The molecule has 0 atom stereocenters. The third-order valence-corrected chi connectivity index (χ3v) is 2.47. The van der Waals surface area contributed by atoms with Gasteiger partial charge in [-0.2, -0.15) is 0 Å². The first-order valence-corrected chi connectivity index (χ1v) is 5.87. The van der Waals surface area contributed by atoms with Crippen LogP contribution in [0.2, 0.25) is 5.02 Å². The molecule has 0 aliphatic heterocycles. The van der Waals surface area contributed by atoms with E-state index in [1.54, 1.807) is 18.2 Å². The molecule has 0 aromatic heterocycles. The predicted octanol–water partition coefficient (Wildman–Crippen LogP) is 2.74. The molecule has 5 nitrogen and oxygen atoms in total. The topological polar surface area (TPSA) is 72.6 Å². The molecule has 0 aliphatic carbocycles. The van der Waals surface area contributed by atoms with E-state index in [0.717, 1.165) is 6.20 Å². The second-order valence-corrected chi connectivity index (χ2v) is 3.95. The van der Waals surface area contributed by atoms with Gasteiger partial charge in [-0.25, -0.2) is 0 Å². The summed E-state index contributed by atoms with van der Waals surface area (Å²) in [5.41, 5.74) is 0.559. The van der Waals surface area contributed by atoms with Crippen LogP contribution in [0.15, 0.2) is 24.4 Å². The Balaban J connectivity index is 2.77. The molecule has 1 aromatic carbocycles. The van der Waals surface area contributed by atoms with Crippen molar-refractivity contribution in [2.45, 2.75) is 12.8 Å². The van der Waals surface area contributed by atoms with Gasteiger partial charge in [-0.1, -0.05) is 23.7 Å². The molecule has 0 heterocycles. The van der Waals surface area contributed by atoms with Crippen molar-refractivity contribution in [3.63, 3.8) is 0 Å². The van der Waals surface area contributed by atoms with Crippen LogP contribution in [-0.2, 0) is 0 Å². The highest BCUT2D eigenvalue weighted by molar-refractivity contribution is 6.32. The number of ether oxygens (including phenoxy) is 1. The molecule has 0 fully saturated rings. The average Bonchev–Trinajstić information content (AvgIpc) is 2.34. The number of nitrogens with zero attached hydrogens (tertiary/aromatic N) is 1. The lowest BCUT2D eigenvalue weighted by Crippen LogP contribution is -2.00. The van der Waals surface area contributed by atoms with E-state index in [9.17, 15) is 10.1 Å². The fourth-order valence-corrected chi connectivity index (χ4v) is 1.57. The lowest BCUT2D eigenvalue weighted by molar-refractivity contribution is -0.400. The number of hydrogen-bond acceptors (Lipinski definition) is 4. The zero-order valence-corrected chi connectivity index (χ0v) is 10.5. The van der Waals surface area contributed by atoms with E-state index in [0.29, 0.717) is 35.8 Å². The van der Waals surface area contributed by atoms with Crippen molar-refractivity contribution in [3.8, 4) is 5.75 Å². The molecule has 98 valence electrons. The minimum atomic E-state index is -0.545.